The van der Waals surface area contributed by atoms with E-state index < -0.39 is 29.6 Å². The van der Waals surface area contributed by atoms with Crippen LogP contribution in [0.25, 0.3) is 27.7 Å². The molecule has 0 spiro atoms. The summed E-state index contributed by atoms with van der Waals surface area (Å²) in [6.07, 6.45) is -0.615. The summed E-state index contributed by atoms with van der Waals surface area (Å²) < 4.78 is 44.8. The third kappa shape index (κ3) is 6.28. The van der Waals surface area contributed by atoms with Gasteiger partial charge in [0.2, 0.25) is 11.9 Å². The number of fused-ring (bicyclic) bond motifs is 1. The van der Waals surface area contributed by atoms with E-state index in [1.165, 1.54) is 23.0 Å². The first-order valence-electron chi connectivity index (χ1n) is 12.7. The van der Waals surface area contributed by atoms with E-state index in [0.29, 0.717) is 24.2 Å². The average Bonchev–Trinajstić information content (AvgIpc) is 2.94. The second kappa shape index (κ2) is 11.1. The number of nitrogen functional groups attached to an aromatic ring is 1. The Morgan fingerprint density at radius 1 is 1.02 bits per heavy atom. The Bertz CT molecular complexity index is 1630. The van der Waals surface area contributed by atoms with Gasteiger partial charge in [-0.2, -0.15) is 0 Å². The maximum Gasteiger partial charge on any atom is 0.573 e. The summed E-state index contributed by atoms with van der Waals surface area (Å²) in [6.45, 7) is 4.51. The van der Waals surface area contributed by atoms with Crippen LogP contribution in [0.15, 0.2) is 59.9 Å². The summed E-state index contributed by atoms with van der Waals surface area (Å²) in [7, 11) is 1.98. The van der Waals surface area contributed by atoms with Crippen LogP contribution in [0, 0.1) is 0 Å². The normalized spacial score (nSPS) is 15.5. The maximum absolute atomic E-state index is 13.4. The van der Waals surface area contributed by atoms with Crippen molar-refractivity contribution >= 4 is 28.4 Å². The minimum atomic E-state index is -4.99. The Balaban J connectivity index is 1.47. The van der Waals surface area contributed by atoms with Gasteiger partial charge in [0.1, 0.15) is 6.33 Å². The number of hydrogen-bond acceptors (Lipinski definition) is 9. The quantitative estimate of drug-likeness (QED) is 0.360. The number of ether oxygens (including phenoxy) is 1. The number of carbonyl (C=O) groups is 1. The van der Waals surface area contributed by atoms with Crippen LogP contribution >= 0.6 is 0 Å². The Hall–Kier alpha value is -4.56. The fourth-order valence-electron chi connectivity index (χ4n) is 4.56. The number of hydrogen-bond donors (Lipinski definition) is 2. The van der Waals surface area contributed by atoms with Gasteiger partial charge in [-0.15, -0.1) is 13.2 Å². The zero-order valence-electron chi connectivity index (χ0n) is 22.2. The molecule has 2 aromatic carbocycles. The molecule has 0 aliphatic carbocycles. The summed E-state index contributed by atoms with van der Waals surface area (Å²) in [5, 5.41) is 2.84. The van der Waals surface area contributed by atoms with Crippen molar-refractivity contribution in [2.45, 2.75) is 19.3 Å². The van der Waals surface area contributed by atoms with E-state index in [1.54, 1.807) is 37.5 Å². The van der Waals surface area contributed by atoms with Crippen LogP contribution in [0.2, 0.25) is 0 Å². The lowest BCUT2D eigenvalue weighted by atomic mass is 10.1. The highest BCUT2D eigenvalue weighted by molar-refractivity contribution is 5.96. The number of nitrogens with two attached hydrogens (primary N) is 1. The Morgan fingerprint density at radius 2 is 1.73 bits per heavy atom. The molecule has 4 aromatic rings. The van der Waals surface area contributed by atoms with Gasteiger partial charge >= 0.3 is 6.36 Å². The van der Waals surface area contributed by atoms with Crippen molar-refractivity contribution in [1.29, 1.82) is 0 Å². The maximum atomic E-state index is 13.4. The smallest absolute Gasteiger partial charge is 0.404 e. The van der Waals surface area contributed by atoms with E-state index in [0.717, 1.165) is 24.7 Å². The molecule has 1 aliphatic heterocycles. The lowest BCUT2D eigenvalue weighted by molar-refractivity contribution is -0.274. The van der Waals surface area contributed by atoms with Crippen LogP contribution in [0.4, 0.5) is 24.8 Å². The monoisotopic (exact) mass is 568 g/mol. The molecule has 0 bridgehead atoms. The molecule has 1 aliphatic rings. The molecule has 14 heteroatoms. The van der Waals surface area contributed by atoms with Crippen molar-refractivity contribution in [3.05, 3.63) is 65.5 Å². The highest BCUT2D eigenvalue weighted by Crippen LogP contribution is 2.32. The SMILES string of the molecule is CC(C(=O)Nc1cc(-n2cnc3cc(-c4cnc(N)nc4)ccc3c2=O)ccc1OC(F)(F)F)N1CCN(C)CC1. The Morgan fingerprint density at radius 3 is 2.41 bits per heavy atom. The summed E-state index contributed by atoms with van der Waals surface area (Å²) in [4.78, 5) is 42.8. The number of nitrogens with one attached hydrogen (secondary N) is 1. The molecule has 3 heterocycles. The van der Waals surface area contributed by atoms with Crippen molar-refractivity contribution < 1.29 is 22.7 Å². The largest absolute Gasteiger partial charge is 0.573 e. The number of alkyl halides is 3. The average molecular weight is 569 g/mol. The van der Waals surface area contributed by atoms with Crippen LogP contribution < -0.4 is 21.3 Å². The van der Waals surface area contributed by atoms with Gasteiger partial charge in [0.25, 0.3) is 5.56 Å². The molecule has 1 amide bonds. The predicted octanol–water partition coefficient (Wildman–Crippen LogP) is 2.90. The minimum absolute atomic E-state index is 0.131. The van der Waals surface area contributed by atoms with E-state index in [-0.39, 0.29) is 22.7 Å². The fraction of sp³-hybridized carbons (Fsp3) is 0.296. The number of aromatic nitrogens is 4. The number of anilines is 2. The molecule has 3 N–H and O–H groups in total. The van der Waals surface area contributed by atoms with Gasteiger partial charge in [-0.05, 0) is 49.9 Å². The Kier molecular flexibility index (Phi) is 7.60. The molecule has 1 atom stereocenters. The van der Waals surface area contributed by atoms with Gasteiger partial charge in [-0.1, -0.05) is 6.07 Å². The van der Waals surface area contributed by atoms with E-state index in [1.807, 2.05) is 11.9 Å². The third-order valence-electron chi connectivity index (χ3n) is 6.95. The summed E-state index contributed by atoms with van der Waals surface area (Å²) in [5.41, 5.74) is 6.85. The van der Waals surface area contributed by atoms with Gasteiger partial charge in [0, 0.05) is 44.1 Å². The fourth-order valence-corrected chi connectivity index (χ4v) is 4.56. The number of piperazine rings is 1. The van der Waals surface area contributed by atoms with Crippen molar-refractivity contribution in [3.63, 3.8) is 0 Å². The molecule has 0 radical (unpaired) electrons. The number of amides is 1. The van der Waals surface area contributed by atoms with Crippen molar-refractivity contribution in [2.75, 3.05) is 44.3 Å². The predicted molar refractivity (Wildman–Crippen MR) is 147 cm³/mol. The first kappa shape index (κ1) is 28.0. The van der Waals surface area contributed by atoms with Crippen LogP contribution in [0.5, 0.6) is 5.75 Å². The molecular formula is C27H27F3N8O3. The molecule has 11 nitrogen and oxygen atoms in total. The van der Waals surface area contributed by atoms with Gasteiger partial charge < -0.3 is 20.7 Å². The number of nitrogens with zero attached hydrogens (tertiary/aromatic N) is 6. The highest BCUT2D eigenvalue weighted by Gasteiger charge is 2.33. The molecule has 1 fully saturated rings. The zero-order valence-corrected chi connectivity index (χ0v) is 22.2. The summed E-state index contributed by atoms with van der Waals surface area (Å²) >= 11 is 0. The molecule has 214 valence electrons. The second-order valence-electron chi connectivity index (χ2n) is 9.71. The van der Waals surface area contributed by atoms with E-state index in [2.05, 4.69) is 29.9 Å². The van der Waals surface area contributed by atoms with Crippen molar-refractivity contribution in [2.24, 2.45) is 0 Å². The molecule has 1 saturated heterocycles. The first-order valence-corrected chi connectivity index (χ1v) is 12.7. The van der Waals surface area contributed by atoms with Crippen molar-refractivity contribution in [3.8, 4) is 22.6 Å². The molecule has 41 heavy (non-hydrogen) atoms. The second-order valence-corrected chi connectivity index (χ2v) is 9.71. The first-order chi connectivity index (χ1) is 19.5. The van der Waals surface area contributed by atoms with Gasteiger partial charge in [0.15, 0.2) is 5.75 Å². The summed E-state index contributed by atoms with van der Waals surface area (Å²) in [6, 6.07) is 7.99. The molecule has 2 aromatic heterocycles. The lowest BCUT2D eigenvalue weighted by Gasteiger charge is -2.35. The standard InChI is InChI=1S/C27H27F3N8O3/c1-16(37-9-7-36(2)8-10-37)24(39)35-22-12-19(4-6-23(22)41-27(28,29)30)38-15-34-21-11-17(3-5-20(21)25(38)40)18-13-32-26(31)33-14-18/h3-6,11-16H,7-10H2,1-2H3,(H,35,39)(H2,31,32,33). The van der Waals surface area contributed by atoms with Crippen LogP contribution in [0.1, 0.15) is 6.92 Å². The highest BCUT2D eigenvalue weighted by atomic mass is 19.4. The van der Waals surface area contributed by atoms with Crippen LogP contribution in [-0.2, 0) is 4.79 Å². The molecule has 5 rings (SSSR count). The van der Waals surface area contributed by atoms with Gasteiger partial charge in [-0.3, -0.25) is 19.1 Å². The molecule has 1 unspecified atom stereocenters. The number of halogens is 3. The number of benzene rings is 2. The van der Waals surface area contributed by atoms with Gasteiger partial charge in [-0.25, -0.2) is 15.0 Å². The summed E-state index contributed by atoms with van der Waals surface area (Å²) in [5.74, 6) is -0.967. The molecular weight excluding hydrogens is 541 g/mol. The zero-order chi connectivity index (χ0) is 29.3. The number of carbonyl (C=O) groups excluding carboxylic acids is 1. The number of rotatable bonds is 6. The van der Waals surface area contributed by atoms with Crippen LogP contribution in [0.3, 0.4) is 0 Å². The Labute approximate surface area is 232 Å². The van der Waals surface area contributed by atoms with Crippen molar-refractivity contribution in [1.82, 2.24) is 29.3 Å². The van der Waals surface area contributed by atoms with E-state index in [9.17, 15) is 22.8 Å². The molecule has 0 saturated carbocycles. The topological polar surface area (TPSA) is 132 Å². The lowest BCUT2D eigenvalue weighted by Crippen LogP contribution is -2.51. The van der Waals surface area contributed by atoms with Gasteiger partial charge in [0.05, 0.1) is 28.3 Å². The minimum Gasteiger partial charge on any atom is -0.404 e. The van der Waals surface area contributed by atoms with E-state index in [4.69, 9.17) is 5.73 Å². The number of likely N-dealkylation sites (N-methyl/N-ethyl adjacent to an activating group) is 1. The third-order valence-corrected chi connectivity index (χ3v) is 6.95. The van der Waals surface area contributed by atoms with Crippen LogP contribution in [-0.4, -0.2) is 80.9 Å². The van der Waals surface area contributed by atoms with E-state index >= 15 is 0 Å².